The van der Waals surface area contributed by atoms with Crippen LogP contribution in [0.3, 0.4) is 0 Å². The molecule has 0 spiro atoms. The van der Waals surface area contributed by atoms with Gasteiger partial charge in [0.2, 0.25) is 10.0 Å². The summed E-state index contributed by atoms with van der Waals surface area (Å²) in [5.41, 5.74) is 4.36. The maximum atomic E-state index is 12.7. The Hall–Kier alpha value is -3.82. The van der Waals surface area contributed by atoms with Gasteiger partial charge < -0.3 is 19.0 Å². The predicted molar refractivity (Wildman–Crippen MR) is 132 cm³/mol. The van der Waals surface area contributed by atoms with Crippen molar-refractivity contribution in [2.45, 2.75) is 11.4 Å². The highest BCUT2D eigenvalue weighted by Gasteiger charge is 2.18. The Morgan fingerprint density at radius 2 is 1.74 bits per heavy atom. The van der Waals surface area contributed by atoms with Crippen molar-refractivity contribution in [2.24, 2.45) is 7.05 Å². The second-order valence-corrected chi connectivity index (χ2v) is 9.70. The Kier molecular flexibility index (Phi) is 5.51. The lowest BCUT2D eigenvalue weighted by Gasteiger charge is -2.08. The Bertz CT molecular complexity index is 1600. The van der Waals surface area contributed by atoms with Gasteiger partial charge in [-0.1, -0.05) is 18.2 Å². The van der Waals surface area contributed by atoms with Crippen LogP contribution in [0.25, 0.3) is 33.2 Å². The van der Waals surface area contributed by atoms with Gasteiger partial charge in [0.15, 0.2) is 11.5 Å². The molecule has 0 radical (unpaired) electrons. The SMILES string of the molecule is COc1cc2c(-c3cc4c(CNS(=O)(=O)c5ccccc5)ccnc4[nH]3)cn(C)c2cc1OC. The first-order valence-corrected chi connectivity index (χ1v) is 12.1. The smallest absolute Gasteiger partial charge is 0.240 e. The number of aromatic amines is 1. The lowest BCUT2D eigenvalue weighted by molar-refractivity contribution is 0.355. The average molecular weight is 477 g/mol. The zero-order valence-electron chi connectivity index (χ0n) is 19.0. The summed E-state index contributed by atoms with van der Waals surface area (Å²) in [6, 6.07) is 16.1. The largest absolute Gasteiger partial charge is 0.493 e. The number of fused-ring (bicyclic) bond motifs is 2. The zero-order chi connectivity index (χ0) is 23.9. The molecule has 5 aromatic rings. The fraction of sp³-hybridized carbons (Fsp3) is 0.160. The fourth-order valence-corrected chi connectivity index (χ4v) is 5.19. The van der Waals surface area contributed by atoms with E-state index in [1.54, 1.807) is 50.7 Å². The molecule has 3 heterocycles. The van der Waals surface area contributed by atoms with E-state index in [2.05, 4.69) is 14.7 Å². The van der Waals surface area contributed by atoms with E-state index in [9.17, 15) is 8.42 Å². The molecular formula is C25H24N4O4S. The maximum absolute atomic E-state index is 12.7. The van der Waals surface area contributed by atoms with Gasteiger partial charge >= 0.3 is 0 Å². The molecule has 0 amide bonds. The van der Waals surface area contributed by atoms with Crippen LogP contribution in [-0.2, 0) is 23.6 Å². The molecule has 0 atom stereocenters. The third-order valence-corrected chi connectivity index (χ3v) is 7.33. The number of pyridine rings is 1. The van der Waals surface area contributed by atoms with Crippen LogP contribution in [0.5, 0.6) is 11.5 Å². The molecule has 8 nitrogen and oxygen atoms in total. The number of H-pyrrole nitrogens is 1. The van der Waals surface area contributed by atoms with Crippen LogP contribution in [-0.4, -0.2) is 37.2 Å². The van der Waals surface area contributed by atoms with Crippen LogP contribution in [0.1, 0.15) is 5.56 Å². The van der Waals surface area contributed by atoms with Gasteiger partial charge in [-0.25, -0.2) is 18.1 Å². The van der Waals surface area contributed by atoms with Crippen LogP contribution >= 0.6 is 0 Å². The summed E-state index contributed by atoms with van der Waals surface area (Å²) in [5.74, 6) is 1.31. The van der Waals surface area contributed by atoms with Gasteiger partial charge in [-0.15, -0.1) is 0 Å². The van der Waals surface area contributed by atoms with E-state index in [-0.39, 0.29) is 11.4 Å². The minimum absolute atomic E-state index is 0.147. The molecule has 0 unspecified atom stereocenters. The zero-order valence-corrected chi connectivity index (χ0v) is 19.8. The molecule has 0 aliphatic rings. The lowest BCUT2D eigenvalue weighted by atomic mass is 10.1. The van der Waals surface area contributed by atoms with Crippen LogP contribution in [0.4, 0.5) is 0 Å². The third-order valence-electron chi connectivity index (χ3n) is 5.91. The van der Waals surface area contributed by atoms with E-state index in [4.69, 9.17) is 9.47 Å². The van der Waals surface area contributed by atoms with Crippen molar-refractivity contribution in [1.29, 1.82) is 0 Å². The van der Waals surface area contributed by atoms with E-state index < -0.39 is 10.0 Å². The van der Waals surface area contributed by atoms with Crippen LogP contribution in [0, 0.1) is 0 Å². The molecule has 0 aliphatic heterocycles. The molecular weight excluding hydrogens is 452 g/mol. The summed E-state index contributed by atoms with van der Waals surface area (Å²) in [7, 11) is 1.58. The Morgan fingerprint density at radius 3 is 2.47 bits per heavy atom. The van der Waals surface area contributed by atoms with Gasteiger partial charge in [0.05, 0.1) is 24.6 Å². The van der Waals surface area contributed by atoms with Crippen molar-refractivity contribution in [1.82, 2.24) is 19.3 Å². The van der Waals surface area contributed by atoms with E-state index in [1.165, 1.54) is 0 Å². The fourth-order valence-electron chi connectivity index (χ4n) is 4.16. The van der Waals surface area contributed by atoms with Crippen molar-refractivity contribution in [3.05, 3.63) is 72.6 Å². The number of aryl methyl sites for hydroxylation is 1. The molecule has 0 aliphatic carbocycles. The van der Waals surface area contributed by atoms with Crippen LogP contribution < -0.4 is 14.2 Å². The number of nitrogens with one attached hydrogen (secondary N) is 2. The first-order chi connectivity index (χ1) is 16.4. The van der Waals surface area contributed by atoms with Crippen molar-refractivity contribution in [3.8, 4) is 22.8 Å². The standard InChI is InChI=1S/C25H24N4O4S/c1-29-15-20(19-12-23(32-2)24(33-3)13-22(19)29)21-11-18-16(9-10-26-25(18)28-21)14-27-34(30,31)17-7-5-4-6-8-17/h4-13,15,27H,14H2,1-3H3,(H,26,28). The molecule has 0 fully saturated rings. The van der Waals surface area contributed by atoms with Crippen LogP contribution in [0.15, 0.2) is 71.9 Å². The van der Waals surface area contributed by atoms with Crippen molar-refractivity contribution < 1.29 is 17.9 Å². The Morgan fingerprint density at radius 1 is 1.00 bits per heavy atom. The molecule has 0 saturated heterocycles. The minimum Gasteiger partial charge on any atom is -0.493 e. The van der Waals surface area contributed by atoms with Crippen molar-refractivity contribution >= 4 is 32.0 Å². The summed E-state index contributed by atoms with van der Waals surface area (Å²) < 4.78 is 41.0. The Balaban J connectivity index is 1.54. The van der Waals surface area contributed by atoms with Gasteiger partial charge in [0.1, 0.15) is 5.65 Å². The number of rotatable bonds is 7. The van der Waals surface area contributed by atoms with Crippen LogP contribution in [0.2, 0.25) is 0 Å². The molecule has 34 heavy (non-hydrogen) atoms. The van der Waals surface area contributed by atoms with Gasteiger partial charge in [-0.05, 0) is 35.9 Å². The van der Waals surface area contributed by atoms with Gasteiger partial charge in [-0.3, -0.25) is 0 Å². The summed E-state index contributed by atoms with van der Waals surface area (Å²) >= 11 is 0. The quantitative estimate of drug-likeness (QED) is 0.367. The molecule has 174 valence electrons. The van der Waals surface area contributed by atoms with Gasteiger partial charge in [0.25, 0.3) is 0 Å². The predicted octanol–water partition coefficient (Wildman–Crippen LogP) is 4.22. The van der Waals surface area contributed by atoms with Crippen molar-refractivity contribution in [3.63, 3.8) is 0 Å². The molecule has 5 rings (SSSR count). The average Bonchev–Trinajstić information content (AvgIpc) is 3.43. The summed E-state index contributed by atoms with van der Waals surface area (Å²) in [6.07, 6.45) is 3.71. The number of ether oxygens (including phenoxy) is 2. The molecule has 3 aromatic heterocycles. The van der Waals surface area contributed by atoms with E-state index in [1.807, 2.05) is 42.1 Å². The maximum Gasteiger partial charge on any atom is 0.240 e. The Labute approximate surface area is 197 Å². The van der Waals surface area contributed by atoms with Gasteiger partial charge in [0, 0.05) is 54.1 Å². The molecule has 9 heteroatoms. The molecule has 0 saturated carbocycles. The highest BCUT2D eigenvalue weighted by molar-refractivity contribution is 7.89. The second-order valence-electron chi connectivity index (χ2n) is 7.93. The number of sulfonamides is 1. The lowest BCUT2D eigenvalue weighted by Crippen LogP contribution is -2.23. The van der Waals surface area contributed by atoms with Crippen molar-refractivity contribution in [2.75, 3.05) is 14.2 Å². The number of hydrogen-bond donors (Lipinski definition) is 2. The first-order valence-electron chi connectivity index (χ1n) is 10.6. The summed E-state index contributed by atoms with van der Waals surface area (Å²) in [5, 5.41) is 1.85. The second kappa shape index (κ2) is 8.51. The number of benzene rings is 2. The number of methoxy groups -OCH3 is 2. The topological polar surface area (TPSA) is 98.2 Å². The summed E-state index contributed by atoms with van der Waals surface area (Å²) in [4.78, 5) is 8.06. The van der Waals surface area contributed by atoms with E-state index >= 15 is 0 Å². The number of aromatic nitrogens is 3. The number of nitrogens with zero attached hydrogens (tertiary/aromatic N) is 2. The monoisotopic (exact) mass is 476 g/mol. The highest BCUT2D eigenvalue weighted by atomic mass is 32.2. The normalized spacial score (nSPS) is 11.9. The van der Waals surface area contributed by atoms with E-state index in [0.717, 1.165) is 33.1 Å². The summed E-state index contributed by atoms with van der Waals surface area (Å²) in [6.45, 7) is 0.147. The molecule has 0 bridgehead atoms. The van der Waals surface area contributed by atoms with E-state index in [0.29, 0.717) is 17.1 Å². The molecule has 2 N–H and O–H groups in total. The van der Waals surface area contributed by atoms with Gasteiger partial charge in [-0.2, -0.15) is 0 Å². The minimum atomic E-state index is -3.62. The third kappa shape index (κ3) is 3.78. The first kappa shape index (κ1) is 22.0. The molecule has 2 aromatic carbocycles. The number of hydrogen-bond acceptors (Lipinski definition) is 5. The highest BCUT2D eigenvalue weighted by Crippen LogP contribution is 2.38.